The maximum atomic E-state index is 10.5. The van der Waals surface area contributed by atoms with Gasteiger partial charge in [-0.15, -0.1) is 0 Å². The van der Waals surface area contributed by atoms with Gasteiger partial charge in [0.1, 0.15) is 6.04 Å². The molecular formula is C10H14N2O2. The molecule has 0 aliphatic heterocycles. The zero-order valence-electron chi connectivity index (χ0n) is 8.10. The Morgan fingerprint density at radius 3 is 3.00 bits per heavy atom. The van der Waals surface area contributed by atoms with Crippen molar-refractivity contribution in [3.63, 3.8) is 0 Å². The summed E-state index contributed by atoms with van der Waals surface area (Å²) in [6.07, 6.45) is 2.48. The van der Waals surface area contributed by atoms with Crippen molar-refractivity contribution in [1.29, 1.82) is 0 Å². The lowest BCUT2D eigenvalue weighted by atomic mass is 10.2. The topological polar surface area (TPSA) is 62.2 Å². The Morgan fingerprint density at radius 2 is 2.43 bits per heavy atom. The van der Waals surface area contributed by atoms with E-state index in [0.717, 1.165) is 12.1 Å². The number of pyridine rings is 1. The van der Waals surface area contributed by atoms with Gasteiger partial charge in [0.25, 0.3) is 0 Å². The number of carbonyl (C=O) groups is 1. The molecule has 0 saturated carbocycles. The van der Waals surface area contributed by atoms with Crippen LogP contribution in [0.15, 0.2) is 24.4 Å². The number of aliphatic carboxylic acids is 1. The Labute approximate surface area is 83.0 Å². The molecule has 0 bridgehead atoms. The van der Waals surface area contributed by atoms with Gasteiger partial charge in [-0.05, 0) is 19.1 Å². The van der Waals surface area contributed by atoms with E-state index in [4.69, 9.17) is 5.11 Å². The summed E-state index contributed by atoms with van der Waals surface area (Å²) >= 11 is 0. The van der Waals surface area contributed by atoms with Gasteiger partial charge in [0.2, 0.25) is 0 Å². The molecule has 2 N–H and O–H groups in total. The highest BCUT2D eigenvalue weighted by Gasteiger charge is 2.08. The number of hydrogen-bond acceptors (Lipinski definition) is 3. The quantitative estimate of drug-likeness (QED) is 0.723. The van der Waals surface area contributed by atoms with Gasteiger partial charge in [0.15, 0.2) is 0 Å². The summed E-state index contributed by atoms with van der Waals surface area (Å²) in [5, 5.41) is 11.5. The van der Waals surface area contributed by atoms with Gasteiger partial charge in [-0.25, -0.2) is 0 Å². The minimum Gasteiger partial charge on any atom is -0.480 e. The van der Waals surface area contributed by atoms with Crippen molar-refractivity contribution in [1.82, 2.24) is 10.3 Å². The van der Waals surface area contributed by atoms with Gasteiger partial charge >= 0.3 is 5.97 Å². The number of rotatable bonds is 5. The predicted octanol–water partition coefficient (Wildman–Crippen LogP) is 0.687. The molecule has 0 aliphatic carbocycles. The number of aromatic nitrogens is 1. The van der Waals surface area contributed by atoms with Crippen LogP contribution >= 0.6 is 0 Å². The van der Waals surface area contributed by atoms with Crippen LogP contribution in [0.4, 0.5) is 0 Å². The largest absolute Gasteiger partial charge is 0.480 e. The van der Waals surface area contributed by atoms with Crippen molar-refractivity contribution in [3.05, 3.63) is 30.1 Å². The second-order valence-electron chi connectivity index (χ2n) is 3.09. The van der Waals surface area contributed by atoms with E-state index in [1.54, 1.807) is 13.1 Å². The molecule has 0 spiro atoms. The predicted molar refractivity (Wildman–Crippen MR) is 53.0 cm³/mol. The minimum atomic E-state index is -0.828. The summed E-state index contributed by atoms with van der Waals surface area (Å²) in [5.74, 6) is -0.828. The zero-order chi connectivity index (χ0) is 10.4. The molecule has 0 aliphatic rings. The first-order chi connectivity index (χ1) is 6.70. The highest BCUT2D eigenvalue weighted by Crippen LogP contribution is 1.93. The lowest BCUT2D eigenvalue weighted by molar-refractivity contribution is -0.138. The van der Waals surface area contributed by atoms with Gasteiger partial charge in [-0.3, -0.25) is 9.78 Å². The van der Waals surface area contributed by atoms with Crippen molar-refractivity contribution < 1.29 is 9.90 Å². The van der Waals surface area contributed by atoms with E-state index in [-0.39, 0.29) is 0 Å². The molecule has 14 heavy (non-hydrogen) atoms. The van der Waals surface area contributed by atoms with E-state index in [1.165, 1.54) is 0 Å². The van der Waals surface area contributed by atoms with Crippen LogP contribution in [-0.4, -0.2) is 28.6 Å². The normalized spacial score (nSPS) is 12.4. The standard InChI is InChI=1S/C10H14N2O2/c1-8(10(13)14)11-7-5-9-4-2-3-6-12-9/h2-4,6,8,11H,5,7H2,1H3,(H,13,14)/t8-/m0/s1. The summed E-state index contributed by atoms with van der Waals surface area (Å²) in [6, 6.07) is 5.20. The lowest BCUT2D eigenvalue weighted by Gasteiger charge is -2.07. The molecule has 0 amide bonds. The Hall–Kier alpha value is -1.42. The van der Waals surface area contributed by atoms with Gasteiger partial charge in [-0.1, -0.05) is 6.07 Å². The third kappa shape index (κ3) is 3.53. The number of nitrogens with zero attached hydrogens (tertiary/aromatic N) is 1. The number of nitrogens with one attached hydrogen (secondary N) is 1. The lowest BCUT2D eigenvalue weighted by Crippen LogP contribution is -2.35. The zero-order valence-corrected chi connectivity index (χ0v) is 8.10. The molecule has 76 valence electrons. The summed E-state index contributed by atoms with van der Waals surface area (Å²) in [6.45, 7) is 2.26. The fraction of sp³-hybridized carbons (Fsp3) is 0.400. The first-order valence-electron chi connectivity index (χ1n) is 4.56. The monoisotopic (exact) mass is 194 g/mol. The Balaban J connectivity index is 2.26. The van der Waals surface area contributed by atoms with Crippen molar-refractivity contribution >= 4 is 5.97 Å². The van der Waals surface area contributed by atoms with Gasteiger partial charge in [0.05, 0.1) is 0 Å². The van der Waals surface area contributed by atoms with Crippen LogP contribution in [0.25, 0.3) is 0 Å². The van der Waals surface area contributed by atoms with Crippen LogP contribution in [0.1, 0.15) is 12.6 Å². The molecule has 1 aromatic heterocycles. The smallest absolute Gasteiger partial charge is 0.320 e. The maximum absolute atomic E-state index is 10.5. The van der Waals surface area contributed by atoms with Crippen molar-refractivity contribution in [3.8, 4) is 0 Å². The van der Waals surface area contributed by atoms with E-state index >= 15 is 0 Å². The van der Waals surface area contributed by atoms with Crippen molar-refractivity contribution in [2.45, 2.75) is 19.4 Å². The first kappa shape index (κ1) is 10.7. The molecule has 1 heterocycles. The molecule has 0 radical (unpaired) electrons. The highest BCUT2D eigenvalue weighted by molar-refractivity contribution is 5.72. The third-order valence-corrected chi connectivity index (χ3v) is 1.93. The molecule has 0 aromatic carbocycles. The van der Waals surface area contributed by atoms with Crippen LogP contribution < -0.4 is 5.32 Å². The molecule has 0 fully saturated rings. The molecule has 4 heteroatoms. The molecule has 1 aromatic rings. The average Bonchev–Trinajstić information content (AvgIpc) is 2.19. The van der Waals surface area contributed by atoms with Crippen LogP contribution in [0, 0.1) is 0 Å². The van der Waals surface area contributed by atoms with E-state index in [2.05, 4.69) is 10.3 Å². The number of hydrogen-bond donors (Lipinski definition) is 2. The maximum Gasteiger partial charge on any atom is 0.320 e. The van der Waals surface area contributed by atoms with E-state index < -0.39 is 12.0 Å². The molecular weight excluding hydrogens is 180 g/mol. The average molecular weight is 194 g/mol. The van der Waals surface area contributed by atoms with Gasteiger partial charge in [-0.2, -0.15) is 0 Å². The SMILES string of the molecule is C[C@H](NCCc1ccccn1)C(=O)O. The van der Waals surface area contributed by atoms with Crippen LogP contribution in [0.3, 0.4) is 0 Å². The van der Waals surface area contributed by atoms with E-state index in [1.807, 2.05) is 18.2 Å². The fourth-order valence-electron chi connectivity index (χ4n) is 1.05. The second-order valence-corrected chi connectivity index (χ2v) is 3.09. The molecule has 1 atom stereocenters. The molecule has 0 saturated heterocycles. The molecule has 4 nitrogen and oxygen atoms in total. The first-order valence-corrected chi connectivity index (χ1v) is 4.56. The van der Waals surface area contributed by atoms with Crippen LogP contribution in [0.2, 0.25) is 0 Å². The summed E-state index contributed by atoms with van der Waals surface area (Å²) < 4.78 is 0. The second kappa shape index (κ2) is 5.34. The molecule has 1 rings (SSSR count). The van der Waals surface area contributed by atoms with E-state index in [0.29, 0.717) is 6.54 Å². The summed E-state index contributed by atoms with van der Waals surface area (Å²) in [7, 11) is 0. The number of carboxylic acid groups (broad SMARTS) is 1. The van der Waals surface area contributed by atoms with E-state index in [9.17, 15) is 4.79 Å². The fourth-order valence-corrected chi connectivity index (χ4v) is 1.05. The number of carboxylic acids is 1. The summed E-state index contributed by atoms with van der Waals surface area (Å²) in [4.78, 5) is 14.6. The van der Waals surface area contributed by atoms with Gasteiger partial charge < -0.3 is 10.4 Å². The van der Waals surface area contributed by atoms with Crippen molar-refractivity contribution in [2.24, 2.45) is 0 Å². The molecule has 0 unspecified atom stereocenters. The van der Waals surface area contributed by atoms with Gasteiger partial charge in [0, 0.05) is 24.9 Å². The Morgan fingerprint density at radius 1 is 1.64 bits per heavy atom. The minimum absolute atomic E-state index is 0.501. The van der Waals surface area contributed by atoms with Crippen LogP contribution in [0.5, 0.6) is 0 Å². The third-order valence-electron chi connectivity index (χ3n) is 1.93. The Kier molecular flexibility index (Phi) is 4.07. The Bertz CT molecular complexity index is 287. The van der Waals surface area contributed by atoms with Crippen LogP contribution in [-0.2, 0) is 11.2 Å². The summed E-state index contributed by atoms with van der Waals surface area (Å²) in [5.41, 5.74) is 0.970. The van der Waals surface area contributed by atoms with Crippen molar-refractivity contribution in [2.75, 3.05) is 6.54 Å². The highest BCUT2D eigenvalue weighted by atomic mass is 16.4.